The van der Waals surface area contributed by atoms with Gasteiger partial charge in [0.05, 0.1) is 13.4 Å². The van der Waals surface area contributed by atoms with Gasteiger partial charge in [-0.1, -0.05) is 0 Å². The van der Waals surface area contributed by atoms with Crippen LogP contribution in [-0.2, 0) is 4.74 Å². The number of benzene rings is 1. The summed E-state index contributed by atoms with van der Waals surface area (Å²) >= 11 is 0. The second-order valence-electron chi connectivity index (χ2n) is 2.44. The molecular formula is C10H9FO2. The molecular weight excluding hydrogens is 171 g/mol. The number of halogens is 1. The van der Waals surface area contributed by atoms with Gasteiger partial charge in [-0.05, 0) is 24.3 Å². The van der Waals surface area contributed by atoms with Crippen LogP contribution in [-0.4, -0.2) is 13.4 Å². The average molecular weight is 180 g/mol. The number of methoxy groups -OCH3 is 1. The van der Waals surface area contributed by atoms with E-state index in [0.29, 0.717) is 17.4 Å². The Morgan fingerprint density at radius 2 is 2.23 bits per heavy atom. The molecule has 0 aliphatic rings. The Morgan fingerprint density at radius 1 is 1.46 bits per heavy atom. The van der Waals surface area contributed by atoms with Crippen molar-refractivity contribution in [3.05, 3.63) is 41.4 Å². The lowest BCUT2D eigenvalue weighted by Gasteiger charge is -1.97. The SMILES string of the molecule is COC=Cc1cc(C=O)ccc1F. The minimum Gasteiger partial charge on any atom is -0.504 e. The maximum atomic E-state index is 13.0. The summed E-state index contributed by atoms with van der Waals surface area (Å²) in [6, 6.07) is 4.13. The number of hydrogen-bond donors (Lipinski definition) is 0. The molecule has 13 heavy (non-hydrogen) atoms. The smallest absolute Gasteiger partial charge is 0.150 e. The zero-order valence-electron chi connectivity index (χ0n) is 7.16. The summed E-state index contributed by atoms with van der Waals surface area (Å²) in [6.45, 7) is 0. The first kappa shape index (κ1) is 9.45. The molecule has 0 radical (unpaired) electrons. The summed E-state index contributed by atoms with van der Waals surface area (Å²) in [5, 5.41) is 0. The maximum absolute atomic E-state index is 13.0. The molecule has 1 aromatic carbocycles. The van der Waals surface area contributed by atoms with E-state index < -0.39 is 0 Å². The van der Waals surface area contributed by atoms with Crippen LogP contribution in [0.1, 0.15) is 15.9 Å². The molecule has 0 amide bonds. The van der Waals surface area contributed by atoms with Gasteiger partial charge in [-0.15, -0.1) is 0 Å². The number of rotatable bonds is 3. The molecule has 0 saturated heterocycles. The molecule has 0 aliphatic heterocycles. The van der Waals surface area contributed by atoms with E-state index in [9.17, 15) is 9.18 Å². The van der Waals surface area contributed by atoms with Crippen LogP contribution in [0, 0.1) is 5.82 Å². The highest BCUT2D eigenvalue weighted by Gasteiger charge is 1.99. The molecule has 0 aromatic heterocycles. The molecule has 0 aliphatic carbocycles. The van der Waals surface area contributed by atoms with E-state index in [-0.39, 0.29) is 5.82 Å². The van der Waals surface area contributed by atoms with Crippen LogP contribution in [0.5, 0.6) is 0 Å². The van der Waals surface area contributed by atoms with Crippen molar-refractivity contribution >= 4 is 12.4 Å². The minimum absolute atomic E-state index is 0.339. The standard InChI is InChI=1S/C10H9FO2/c1-13-5-4-9-6-8(7-12)2-3-10(9)11/h2-7H,1H3. The van der Waals surface area contributed by atoms with Crippen molar-refractivity contribution < 1.29 is 13.9 Å². The molecule has 0 bridgehead atoms. The van der Waals surface area contributed by atoms with Gasteiger partial charge in [0.25, 0.3) is 0 Å². The number of hydrogen-bond acceptors (Lipinski definition) is 2. The summed E-state index contributed by atoms with van der Waals surface area (Å²) in [6.07, 6.45) is 3.49. The van der Waals surface area contributed by atoms with Gasteiger partial charge >= 0.3 is 0 Å². The largest absolute Gasteiger partial charge is 0.504 e. The second-order valence-corrected chi connectivity index (χ2v) is 2.44. The Bertz CT molecular complexity index is 332. The Balaban J connectivity index is 3.03. The van der Waals surface area contributed by atoms with Gasteiger partial charge < -0.3 is 4.74 Å². The van der Waals surface area contributed by atoms with E-state index in [1.54, 1.807) is 0 Å². The predicted molar refractivity (Wildman–Crippen MR) is 47.8 cm³/mol. The Hall–Kier alpha value is -1.64. The third-order valence-corrected chi connectivity index (χ3v) is 1.54. The zero-order chi connectivity index (χ0) is 9.68. The van der Waals surface area contributed by atoms with Crippen LogP contribution in [0.15, 0.2) is 24.5 Å². The first-order valence-electron chi connectivity index (χ1n) is 3.72. The average Bonchev–Trinajstić information content (AvgIpc) is 2.17. The molecule has 68 valence electrons. The molecule has 2 nitrogen and oxygen atoms in total. The van der Waals surface area contributed by atoms with Crippen molar-refractivity contribution in [3.8, 4) is 0 Å². The number of carbonyl (C=O) groups is 1. The first-order valence-corrected chi connectivity index (χ1v) is 3.72. The van der Waals surface area contributed by atoms with E-state index in [0.717, 1.165) is 0 Å². The van der Waals surface area contributed by atoms with Crippen molar-refractivity contribution in [1.29, 1.82) is 0 Å². The van der Waals surface area contributed by atoms with Gasteiger partial charge in [0.2, 0.25) is 0 Å². The molecule has 0 saturated carbocycles. The minimum atomic E-state index is -0.376. The number of aldehydes is 1. The van der Waals surface area contributed by atoms with Gasteiger partial charge in [0.15, 0.2) is 0 Å². The van der Waals surface area contributed by atoms with Crippen molar-refractivity contribution in [3.63, 3.8) is 0 Å². The molecule has 1 aromatic rings. The van der Waals surface area contributed by atoms with Crippen LogP contribution in [0.2, 0.25) is 0 Å². The lowest BCUT2D eigenvalue weighted by Crippen LogP contribution is -1.86. The summed E-state index contributed by atoms with van der Waals surface area (Å²) in [7, 11) is 1.47. The molecule has 0 unspecified atom stereocenters. The van der Waals surface area contributed by atoms with Crippen LogP contribution in [0.4, 0.5) is 4.39 Å². The van der Waals surface area contributed by atoms with E-state index in [1.165, 1.54) is 37.6 Å². The Kier molecular flexibility index (Phi) is 3.20. The molecule has 0 N–H and O–H groups in total. The van der Waals surface area contributed by atoms with E-state index in [1.807, 2.05) is 0 Å². The van der Waals surface area contributed by atoms with Crippen molar-refractivity contribution in [2.75, 3.05) is 7.11 Å². The lowest BCUT2D eigenvalue weighted by atomic mass is 10.1. The van der Waals surface area contributed by atoms with Gasteiger partial charge in [-0.25, -0.2) is 4.39 Å². The molecule has 0 atom stereocenters. The fraction of sp³-hybridized carbons (Fsp3) is 0.100. The lowest BCUT2D eigenvalue weighted by molar-refractivity contribution is 0.112. The fourth-order valence-electron chi connectivity index (χ4n) is 0.905. The van der Waals surface area contributed by atoms with Gasteiger partial charge in [-0.2, -0.15) is 0 Å². The van der Waals surface area contributed by atoms with Crippen LogP contribution < -0.4 is 0 Å². The van der Waals surface area contributed by atoms with Gasteiger partial charge in [0.1, 0.15) is 12.1 Å². The van der Waals surface area contributed by atoms with Gasteiger partial charge in [-0.3, -0.25) is 4.79 Å². The van der Waals surface area contributed by atoms with Crippen molar-refractivity contribution in [2.45, 2.75) is 0 Å². The summed E-state index contributed by atoms with van der Waals surface area (Å²) in [4.78, 5) is 10.4. The highest BCUT2D eigenvalue weighted by Crippen LogP contribution is 2.11. The van der Waals surface area contributed by atoms with E-state index >= 15 is 0 Å². The highest BCUT2D eigenvalue weighted by atomic mass is 19.1. The van der Waals surface area contributed by atoms with Crippen LogP contribution in [0.3, 0.4) is 0 Å². The zero-order valence-corrected chi connectivity index (χ0v) is 7.16. The first-order chi connectivity index (χ1) is 6.27. The number of ether oxygens (including phenoxy) is 1. The molecule has 0 spiro atoms. The maximum Gasteiger partial charge on any atom is 0.150 e. The monoisotopic (exact) mass is 180 g/mol. The number of carbonyl (C=O) groups excluding carboxylic acids is 1. The molecule has 3 heteroatoms. The Labute approximate surface area is 75.6 Å². The quantitative estimate of drug-likeness (QED) is 0.526. The normalized spacial score (nSPS) is 10.3. The predicted octanol–water partition coefficient (Wildman–Crippen LogP) is 2.26. The molecule has 0 fully saturated rings. The van der Waals surface area contributed by atoms with E-state index in [4.69, 9.17) is 0 Å². The molecule has 0 heterocycles. The Morgan fingerprint density at radius 3 is 2.85 bits per heavy atom. The van der Waals surface area contributed by atoms with Crippen LogP contribution in [0.25, 0.3) is 6.08 Å². The summed E-state index contributed by atoms with van der Waals surface area (Å²) < 4.78 is 17.6. The third-order valence-electron chi connectivity index (χ3n) is 1.54. The molecule has 1 rings (SSSR count). The topological polar surface area (TPSA) is 26.3 Å². The second kappa shape index (κ2) is 4.40. The summed E-state index contributed by atoms with van der Waals surface area (Å²) in [5.41, 5.74) is 0.781. The van der Waals surface area contributed by atoms with Gasteiger partial charge in [0, 0.05) is 11.1 Å². The third kappa shape index (κ3) is 2.40. The van der Waals surface area contributed by atoms with E-state index in [2.05, 4.69) is 4.74 Å². The highest BCUT2D eigenvalue weighted by molar-refractivity contribution is 5.76. The van der Waals surface area contributed by atoms with Crippen molar-refractivity contribution in [2.24, 2.45) is 0 Å². The summed E-state index contributed by atoms with van der Waals surface area (Å²) in [5.74, 6) is -0.376. The van der Waals surface area contributed by atoms with Crippen LogP contribution >= 0.6 is 0 Å². The van der Waals surface area contributed by atoms with Crippen molar-refractivity contribution in [1.82, 2.24) is 0 Å². The fourth-order valence-corrected chi connectivity index (χ4v) is 0.905.